The van der Waals surface area contributed by atoms with Crippen LogP contribution in [-0.4, -0.2) is 6.61 Å². The Bertz CT molecular complexity index is 851. The van der Waals surface area contributed by atoms with Crippen molar-refractivity contribution in [2.75, 3.05) is 6.61 Å². The Balaban J connectivity index is 1.54. The molecule has 0 unspecified atom stereocenters. The van der Waals surface area contributed by atoms with E-state index < -0.39 is 11.6 Å². The van der Waals surface area contributed by atoms with Crippen LogP contribution in [-0.2, 0) is 6.42 Å². The number of halogens is 3. The number of ether oxygens (including phenoxy) is 1. The minimum atomic E-state index is -0.762. The van der Waals surface area contributed by atoms with E-state index in [2.05, 4.69) is 0 Å². The number of hydrogen-bond acceptors (Lipinski definition) is 1. The molecule has 0 heterocycles. The van der Waals surface area contributed by atoms with Crippen LogP contribution in [0.2, 0.25) is 0 Å². The molecule has 0 radical (unpaired) electrons. The van der Waals surface area contributed by atoms with Gasteiger partial charge in [-0.25, -0.2) is 13.2 Å². The number of rotatable bonds is 7. The highest BCUT2D eigenvalue weighted by molar-refractivity contribution is 5.50. The van der Waals surface area contributed by atoms with E-state index >= 15 is 0 Å². The standard InChI is InChI=1S/C25H29F3O/c1-3-5-19-12-13-20(25(28)24(19)27)11-8-17-6-9-18(10-7-17)21-14-15-23(29-4-2)22(26)16-21/h3,5,12-18H,4,6-11H2,1-2H3/b5-3+. The summed E-state index contributed by atoms with van der Waals surface area (Å²) in [6, 6.07) is 8.62. The number of benzene rings is 2. The molecular formula is C25H29F3O. The van der Waals surface area contributed by atoms with Crippen LogP contribution in [0.4, 0.5) is 13.2 Å². The zero-order valence-corrected chi connectivity index (χ0v) is 17.2. The van der Waals surface area contributed by atoms with Gasteiger partial charge in [0, 0.05) is 5.56 Å². The van der Waals surface area contributed by atoms with Crippen molar-refractivity contribution in [2.24, 2.45) is 5.92 Å². The van der Waals surface area contributed by atoms with E-state index in [9.17, 15) is 13.2 Å². The maximum atomic E-state index is 14.3. The first-order valence-electron chi connectivity index (χ1n) is 10.5. The minimum absolute atomic E-state index is 0.289. The lowest BCUT2D eigenvalue weighted by Gasteiger charge is -2.29. The van der Waals surface area contributed by atoms with Crippen LogP contribution >= 0.6 is 0 Å². The SMILES string of the molecule is C/C=C/c1ccc(CCC2CCC(c3ccc(OCC)c(F)c3)CC2)c(F)c1F. The van der Waals surface area contributed by atoms with Gasteiger partial charge in [0.2, 0.25) is 0 Å². The first-order valence-corrected chi connectivity index (χ1v) is 10.5. The molecule has 0 N–H and O–H groups in total. The van der Waals surface area contributed by atoms with Crippen molar-refractivity contribution >= 4 is 6.08 Å². The van der Waals surface area contributed by atoms with E-state index in [0.29, 0.717) is 36.2 Å². The van der Waals surface area contributed by atoms with Crippen molar-refractivity contribution in [3.05, 3.63) is 70.5 Å². The lowest BCUT2D eigenvalue weighted by atomic mass is 9.77. The van der Waals surface area contributed by atoms with Gasteiger partial charge in [0.25, 0.3) is 0 Å². The summed E-state index contributed by atoms with van der Waals surface area (Å²) in [5, 5.41) is 0. The molecule has 4 heteroatoms. The van der Waals surface area contributed by atoms with Gasteiger partial charge in [-0.05, 0) is 87.5 Å². The highest BCUT2D eigenvalue weighted by Gasteiger charge is 2.24. The Morgan fingerprint density at radius 1 is 1.00 bits per heavy atom. The van der Waals surface area contributed by atoms with Crippen molar-refractivity contribution in [1.29, 1.82) is 0 Å². The van der Waals surface area contributed by atoms with Crippen LogP contribution in [0.25, 0.3) is 6.08 Å². The summed E-state index contributed by atoms with van der Waals surface area (Å²) in [6.45, 7) is 4.07. The summed E-state index contributed by atoms with van der Waals surface area (Å²) in [7, 11) is 0. The Hall–Kier alpha value is -2.23. The molecular weight excluding hydrogens is 373 g/mol. The predicted octanol–water partition coefficient (Wildman–Crippen LogP) is 7.44. The first-order chi connectivity index (χ1) is 14.0. The van der Waals surface area contributed by atoms with Crippen molar-refractivity contribution in [3.63, 3.8) is 0 Å². The second kappa shape index (κ2) is 10.00. The van der Waals surface area contributed by atoms with E-state index in [0.717, 1.165) is 37.7 Å². The number of aryl methyl sites for hydroxylation is 1. The van der Waals surface area contributed by atoms with Crippen molar-refractivity contribution in [1.82, 2.24) is 0 Å². The van der Waals surface area contributed by atoms with Gasteiger partial charge in [-0.15, -0.1) is 0 Å². The van der Waals surface area contributed by atoms with Crippen LogP contribution in [0, 0.1) is 23.4 Å². The molecule has 0 aromatic heterocycles. The van der Waals surface area contributed by atoms with Gasteiger partial charge < -0.3 is 4.74 Å². The van der Waals surface area contributed by atoms with Gasteiger partial charge >= 0.3 is 0 Å². The molecule has 0 bridgehead atoms. The molecule has 0 saturated heterocycles. The molecule has 1 aliphatic rings. The van der Waals surface area contributed by atoms with Crippen molar-refractivity contribution in [2.45, 2.75) is 58.3 Å². The molecule has 0 atom stereocenters. The summed E-state index contributed by atoms with van der Waals surface area (Å²) in [5.74, 6) is -0.631. The van der Waals surface area contributed by atoms with E-state index in [1.165, 1.54) is 0 Å². The molecule has 1 nitrogen and oxygen atoms in total. The molecule has 29 heavy (non-hydrogen) atoms. The third-order valence-electron chi connectivity index (χ3n) is 5.93. The van der Waals surface area contributed by atoms with Crippen LogP contribution in [0.3, 0.4) is 0 Å². The average Bonchev–Trinajstić information content (AvgIpc) is 2.73. The normalized spacial score (nSPS) is 19.6. The highest BCUT2D eigenvalue weighted by atomic mass is 19.2. The smallest absolute Gasteiger partial charge is 0.166 e. The highest BCUT2D eigenvalue weighted by Crippen LogP contribution is 2.38. The third-order valence-corrected chi connectivity index (χ3v) is 5.93. The van der Waals surface area contributed by atoms with Gasteiger partial charge in [-0.2, -0.15) is 0 Å². The fourth-order valence-electron chi connectivity index (χ4n) is 4.29. The summed E-state index contributed by atoms with van der Waals surface area (Å²) < 4.78 is 47.8. The van der Waals surface area contributed by atoms with E-state index in [1.54, 1.807) is 43.3 Å². The largest absolute Gasteiger partial charge is 0.491 e. The molecule has 0 spiro atoms. The minimum Gasteiger partial charge on any atom is -0.491 e. The van der Waals surface area contributed by atoms with E-state index in [4.69, 9.17) is 4.74 Å². The number of hydrogen-bond donors (Lipinski definition) is 0. The predicted molar refractivity (Wildman–Crippen MR) is 112 cm³/mol. The second-order valence-corrected chi connectivity index (χ2v) is 7.82. The monoisotopic (exact) mass is 402 g/mol. The zero-order chi connectivity index (χ0) is 20.8. The fourth-order valence-corrected chi connectivity index (χ4v) is 4.29. The van der Waals surface area contributed by atoms with Crippen molar-refractivity contribution < 1.29 is 17.9 Å². The summed E-state index contributed by atoms with van der Waals surface area (Å²) in [6.07, 6.45) is 8.72. The van der Waals surface area contributed by atoms with E-state index in [1.807, 2.05) is 13.0 Å². The summed E-state index contributed by atoms with van der Waals surface area (Å²) in [4.78, 5) is 0. The first kappa shape index (κ1) is 21.5. The summed E-state index contributed by atoms with van der Waals surface area (Å²) in [5.41, 5.74) is 1.76. The van der Waals surface area contributed by atoms with E-state index in [-0.39, 0.29) is 11.4 Å². The molecule has 0 amide bonds. The Labute approximate surface area is 171 Å². The lowest BCUT2D eigenvalue weighted by molar-refractivity contribution is 0.306. The fraction of sp³-hybridized carbons (Fsp3) is 0.440. The molecule has 2 aromatic rings. The molecule has 2 aromatic carbocycles. The Kier molecular flexibility index (Phi) is 7.40. The van der Waals surface area contributed by atoms with Gasteiger partial charge in [0.1, 0.15) is 0 Å². The molecule has 1 aliphatic carbocycles. The van der Waals surface area contributed by atoms with Gasteiger partial charge in [0.05, 0.1) is 6.61 Å². The topological polar surface area (TPSA) is 9.23 Å². The van der Waals surface area contributed by atoms with Crippen LogP contribution in [0.5, 0.6) is 5.75 Å². The molecule has 0 aliphatic heterocycles. The molecule has 1 saturated carbocycles. The molecule has 1 fully saturated rings. The third kappa shape index (κ3) is 5.23. The van der Waals surface area contributed by atoms with Crippen LogP contribution < -0.4 is 4.74 Å². The lowest BCUT2D eigenvalue weighted by Crippen LogP contribution is -2.14. The molecule has 156 valence electrons. The second-order valence-electron chi connectivity index (χ2n) is 7.82. The van der Waals surface area contributed by atoms with Gasteiger partial charge in [0.15, 0.2) is 23.2 Å². The van der Waals surface area contributed by atoms with Crippen molar-refractivity contribution in [3.8, 4) is 5.75 Å². The Morgan fingerprint density at radius 2 is 1.76 bits per heavy atom. The average molecular weight is 403 g/mol. The molecule has 3 rings (SSSR count). The maximum absolute atomic E-state index is 14.3. The van der Waals surface area contributed by atoms with Crippen LogP contribution in [0.15, 0.2) is 36.4 Å². The summed E-state index contributed by atoms with van der Waals surface area (Å²) >= 11 is 0. The van der Waals surface area contributed by atoms with Gasteiger partial charge in [-0.3, -0.25) is 0 Å². The van der Waals surface area contributed by atoms with Gasteiger partial charge in [-0.1, -0.05) is 30.4 Å². The number of allylic oxidation sites excluding steroid dienone is 1. The van der Waals surface area contributed by atoms with Crippen LogP contribution in [0.1, 0.15) is 68.6 Å². The maximum Gasteiger partial charge on any atom is 0.166 e. The quantitative estimate of drug-likeness (QED) is 0.467. The Morgan fingerprint density at radius 3 is 2.41 bits per heavy atom. The zero-order valence-electron chi connectivity index (χ0n) is 17.2.